The fraction of sp³-hybridized carbons (Fsp3) is 0.0667. The average Bonchev–Trinajstić information content (AvgIpc) is 2.53. The summed E-state index contributed by atoms with van der Waals surface area (Å²) >= 11 is 3.27. The lowest BCUT2D eigenvalue weighted by Crippen LogP contribution is -2.23. The second kappa shape index (κ2) is 6.12. The van der Waals surface area contributed by atoms with Crippen LogP contribution < -0.4 is 4.72 Å². The topological polar surface area (TPSA) is 72.0 Å². The summed E-state index contributed by atoms with van der Waals surface area (Å²) in [5.74, 6) is 0. The fourth-order valence-electron chi connectivity index (χ4n) is 2.08. The molecule has 0 fully saturated rings. The standard InChI is InChI=1S/C15H12BrN3O2S/c16-12-3-1-4-13(9-12)22(20,21)19-10-11-6-8-18-15-14(11)5-2-7-17-15/h1-9,19H,10H2. The molecular formula is C15H12BrN3O2S. The fourth-order valence-corrected chi connectivity index (χ4v) is 3.69. The van der Waals surface area contributed by atoms with E-state index in [1.807, 2.05) is 6.07 Å². The van der Waals surface area contributed by atoms with Crippen molar-refractivity contribution in [1.29, 1.82) is 0 Å². The van der Waals surface area contributed by atoms with Gasteiger partial charge in [-0.05, 0) is 42.0 Å². The second-order valence-electron chi connectivity index (χ2n) is 4.63. The number of pyridine rings is 2. The Morgan fingerprint density at radius 2 is 1.86 bits per heavy atom. The van der Waals surface area contributed by atoms with E-state index in [0.29, 0.717) is 10.1 Å². The van der Waals surface area contributed by atoms with Gasteiger partial charge in [-0.3, -0.25) is 0 Å². The highest BCUT2D eigenvalue weighted by Gasteiger charge is 2.14. The highest BCUT2D eigenvalue weighted by atomic mass is 79.9. The van der Waals surface area contributed by atoms with Gasteiger partial charge in [-0.15, -0.1) is 0 Å². The predicted molar refractivity (Wildman–Crippen MR) is 87.7 cm³/mol. The van der Waals surface area contributed by atoms with E-state index in [-0.39, 0.29) is 11.4 Å². The first-order valence-corrected chi connectivity index (χ1v) is 8.78. The Hall–Kier alpha value is -1.83. The molecule has 0 spiro atoms. The minimum absolute atomic E-state index is 0.180. The molecule has 112 valence electrons. The van der Waals surface area contributed by atoms with Crippen LogP contribution in [0.3, 0.4) is 0 Å². The third-order valence-electron chi connectivity index (χ3n) is 3.16. The van der Waals surface area contributed by atoms with Crippen molar-refractivity contribution in [3.05, 3.63) is 64.9 Å². The molecule has 2 aromatic heterocycles. The van der Waals surface area contributed by atoms with E-state index in [0.717, 1.165) is 10.9 Å². The lowest BCUT2D eigenvalue weighted by Gasteiger charge is -2.09. The van der Waals surface area contributed by atoms with Crippen molar-refractivity contribution >= 4 is 37.0 Å². The number of fused-ring (bicyclic) bond motifs is 1. The quantitative estimate of drug-likeness (QED) is 0.758. The van der Waals surface area contributed by atoms with E-state index >= 15 is 0 Å². The number of benzene rings is 1. The molecule has 0 saturated heterocycles. The molecule has 3 aromatic rings. The maximum atomic E-state index is 12.3. The van der Waals surface area contributed by atoms with Crippen molar-refractivity contribution in [1.82, 2.24) is 14.7 Å². The molecule has 0 unspecified atom stereocenters. The number of rotatable bonds is 4. The Labute approximate surface area is 136 Å². The zero-order valence-electron chi connectivity index (χ0n) is 11.4. The summed E-state index contributed by atoms with van der Waals surface area (Å²) in [5.41, 5.74) is 1.43. The molecule has 2 heterocycles. The molecule has 1 aromatic carbocycles. The van der Waals surface area contributed by atoms with Gasteiger partial charge < -0.3 is 0 Å². The molecule has 0 radical (unpaired) electrons. The van der Waals surface area contributed by atoms with Crippen LogP contribution in [0.2, 0.25) is 0 Å². The van der Waals surface area contributed by atoms with Crippen LogP contribution in [0.1, 0.15) is 5.56 Å². The number of hydrogen-bond acceptors (Lipinski definition) is 4. The predicted octanol–water partition coefficient (Wildman–Crippen LogP) is 2.87. The Kier molecular flexibility index (Phi) is 4.19. The Morgan fingerprint density at radius 3 is 2.68 bits per heavy atom. The van der Waals surface area contributed by atoms with E-state index in [1.54, 1.807) is 48.8 Å². The molecule has 1 N–H and O–H groups in total. The Bertz CT molecular complexity index is 923. The van der Waals surface area contributed by atoms with Crippen molar-refractivity contribution in [2.45, 2.75) is 11.4 Å². The number of aromatic nitrogens is 2. The molecule has 0 aliphatic heterocycles. The third kappa shape index (κ3) is 3.16. The molecule has 0 aliphatic carbocycles. The van der Waals surface area contributed by atoms with Crippen LogP contribution in [0.4, 0.5) is 0 Å². The van der Waals surface area contributed by atoms with Gasteiger partial charge in [0.2, 0.25) is 10.0 Å². The van der Waals surface area contributed by atoms with Crippen LogP contribution in [0.25, 0.3) is 11.0 Å². The molecule has 0 saturated carbocycles. The molecular weight excluding hydrogens is 366 g/mol. The molecule has 5 nitrogen and oxygen atoms in total. The summed E-state index contributed by atoms with van der Waals surface area (Å²) in [4.78, 5) is 8.54. The number of hydrogen-bond donors (Lipinski definition) is 1. The first-order chi connectivity index (χ1) is 10.6. The SMILES string of the molecule is O=S(=O)(NCc1ccnc2ncccc12)c1cccc(Br)c1. The molecule has 0 bridgehead atoms. The van der Waals surface area contributed by atoms with Crippen LogP contribution in [0.15, 0.2) is 64.2 Å². The lowest BCUT2D eigenvalue weighted by atomic mass is 10.1. The van der Waals surface area contributed by atoms with Gasteiger partial charge in [-0.25, -0.2) is 23.1 Å². The average molecular weight is 378 g/mol. The maximum Gasteiger partial charge on any atom is 0.240 e. The van der Waals surface area contributed by atoms with Gasteiger partial charge in [-0.1, -0.05) is 22.0 Å². The van der Waals surface area contributed by atoms with E-state index in [9.17, 15) is 8.42 Å². The first-order valence-electron chi connectivity index (χ1n) is 6.50. The van der Waals surface area contributed by atoms with Crippen LogP contribution in [-0.2, 0) is 16.6 Å². The van der Waals surface area contributed by atoms with Gasteiger partial charge in [-0.2, -0.15) is 0 Å². The highest BCUT2D eigenvalue weighted by molar-refractivity contribution is 9.10. The maximum absolute atomic E-state index is 12.3. The van der Waals surface area contributed by atoms with Crippen molar-refractivity contribution in [3.63, 3.8) is 0 Å². The minimum atomic E-state index is -3.57. The summed E-state index contributed by atoms with van der Waals surface area (Å²) in [7, 11) is -3.57. The summed E-state index contributed by atoms with van der Waals surface area (Å²) in [6, 6.07) is 12.0. The largest absolute Gasteiger partial charge is 0.240 e. The van der Waals surface area contributed by atoms with E-state index < -0.39 is 10.0 Å². The number of nitrogens with zero attached hydrogens (tertiary/aromatic N) is 2. The van der Waals surface area contributed by atoms with Gasteiger partial charge in [0.1, 0.15) is 0 Å². The van der Waals surface area contributed by atoms with E-state index in [4.69, 9.17) is 0 Å². The van der Waals surface area contributed by atoms with Crippen molar-refractivity contribution < 1.29 is 8.42 Å². The monoisotopic (exact) mass is 377 g/mol. The van der Waals surface area contributed by atoms with Crippen molar-refractivity contribution in [2.75, 3.05) is 0 Å². The summed E-state index contributed by atoms with van der Waals surface area (Å²) in [6.45, 7) is 0.180. The molecule has 0 aliphatic rings. The normalized spacial score (nSPS) is 11.7. The highest BCUT2D eigenvalue weighted by Crippen LogP contribution is 2.18. The van der Waals surface area contributed by atoms with Gasteiger partial charge in [0, 0.05) is 28.8 Å². The van der Waals surface area contributed by atoms with Crippen LogP contribution in [0, 0.1) is 0 Å². The minimum Gasteiger partial charge on any atom is -0.237 e. The van der Waals surface area contributed by atoms with Crippen LogP contribution >= 0.6 is 15.9 Å². The van der Waals surface area contributed by atoms with Crippen LogP contribution in [0.5, 0.6) is 0 Å². The van der Waals surface area contributed by atoms with Gasteiger partial charge in [0.15, 0.2) is 5.65 Å². The Morgan fingerprint density at radius 1 is 1.05 bits per heavy atom. The number of halogens is 1. The van der Waals surface area contributed by atoms with E-state index in [1.165, 1.54) is 0 Å². The molecule has 22 heavy (non-hydrogen) atoms. The van der Waals surface area contributed by atoms with Gasteiger partial charge in [0.25, 0.3) is 0 Å². The molecule has 0 amide bonds. The number of sulfonamides is 1. The summed E-state index contributed by atoms with van der Waals surface area (Å²) < 4.78 is 28.0. The second-order valence-corrected chi connectivity index (χ2v) is 7.31. The van der Waals surface area contributed by atoms with Crippen molar-refractivity contribution in [3.8, 4) is 0 Å². The zero-order valence-corrected chi connectivity index (χ0v) is 13.8. The van der Waals surface area contributed by atoms with Crippen LogP contribution in [-0.4, -0.2) is 18.4 Å². The van der Waals surface area contributed by atoms with Gasteiger partial charge >= 0.3 is 0 Å². The van der Waals surface area contributed by atoms with Gasteiger partial charge in [0.05, 0.1) is 4.90 Å². The molecule has 3 rings (SSSR count). The lowest BCUT2D eigenvalue weighted by molar-refractivity contribution is 0.581. The van der Waals surface area contributed by atoms with Crippen molar-refractivity contribution in [2.24, 2.45) is 0 Å². The summed E-state index contributed by atoms with van der Waals surface area (Å²) in [6.07, 6.45) is 3.28. The van der Waals surface area contributed by atoms with E-state index in [2.05, 4.69) is 30.6 Å². The zero-order chi connectivity index (χ0) is 15.6. The summed E-state index contributed by atoms with van der Waals surface area (Å²) in [5, 5.41) is 0.835. The Balaban J connectivity index is 1.88. The first kappa shape index (κ1) is 15.1. The molecule has 0 atom stereocenters. The number of nitrogens with one attached hydrogen (secondary N) is 1. The molecule has 7 heteroatoms. The third-order valence-corrected chi connectivity index (χ3v) is 5.06. The smallest absolute Gasteiger partial charge is 0.237 e.